The Kier molecular flexibility index (Phi) is 3.72. The van der Waals surface area contributed by atoms with E-state index in [1.54, 1.807) is 4.57 Å². The number of fused-ring (bicyclic) bond motifs is 2. The maximum Gasteiger partial charge on any atom is 0.130 e. The van der Waals surface area contributed by atoms with Crippen LogP contribution in [0.1, 0.15) is 18.6 Å². The lowest BCUT2D eigenvalue weighted by molar-refractivity contribution is -0.306. The molecule has 126 valence electrons. The summed E-state index contributed by atoms with van der Waals surface area (Å²) in [7, 11) is 0. The summed E-state index contributed by atoms with van der Waals surface area (Å²) in [4.78, 5) is 20.5. The highest BCUT2D eigenvalue weighted by Gasteiger charge is 2.15. The van der Waals surface area contributed by atoms with Crippen LogP contribution in [-0.4, -0.2) is 25.1 Å². The molecule has 0 aliphatic rings. The van der Waals surface area contributed by atoms with Crippen molar-refractivity contribution < 1.29 is 9.90 Å². The Morgan fingerprint density at radius 1 is 0.920 bits per heavy atom. The van der Waals surface area contributed by atoms with Gasteiger partial charge in [0.15, 0.2) is 0 Å². The predicted molar refractivity (Wildman–Crippen MR) is 93.0 cm³/mol. The predicted octanol–water partition coefficient (Wildman–Crippen LogP) is 1.75. The number of carboxylic acids is 1. The van der Waals surface area contributed by atoms with Gasteiger partial charge in [-0.15, -0.1) is 0 Å². The molecular weight excluding hydrogens is 316 g/mol. The highest BCUT2D eigenvalue weighted by molar-refractivity contribution is 5.79. The van der Waals surface area contributed by atoms with Crippen molar-refractivity contribution in [1.29, 1.82) is 0 Å². The normalized spacial score (nSPS) is 11.4. The van der Waals surface area contributed by atoms with Crippen LogP contribution in [0.15, 0.2) is 48.5 Å². The van der Waals surface area contributed by atoms with Gasteiger partial charge in [0, 0.05) is 6.42 Å². The van der Waals surface area contributed by atoms with Gasteiger partial charge in [-0.25, -0.2) is 9.97 Å². The smallest absolute Gasteiger partial charge is 0.130 e. The van der Waals surface area contributed by atoms with Gasteiger partial charge in [0.05, 0.1) is 41.1 Å². The fourth-order valence-corrected chi connectivity index (χ4v) is 3.26. The molecule has 4 rings (SSSR count). The van der Waals surface area contributed by atoms with Crippen LogP contribution < -0.4 is 5.11 Å². The number of benzene rings is 2. The first-order valence-electron chi connectivity index (χ1n) is 8.25. The molecule has 0 bridgehead atoms. The van der Waals surface area contributed by atoms with Gasteiger partial charge in [-0.2, -0.15) is 0 Å². The second-order valence-corrected chi connectivity index (χ2v) is 5.93. The SMILES string of the molecule is CCc1nc2ccccc2n1Cc1nc2ccccc2n1CC(=O)[O-]. The molecule has 0 unspecified atom stereocenters. The first-order chi connectivity index (χ1) is 12.2. The van der Waals surface area contributed by atoms with Crippen LogP contribution in [0.2, 0.25) is 0 Å². The van der Waals surface area contributed by atoms with E-state index in [1.165, 1.54) is 0 Å². The molecule has 0 aliphatic carbocycles. The largest absolute Gasteiger partial charge is 0.548 e. The summed E-state index contributed by atoms with van der Waals surface area (Å²) < 4.78 is 3.81. The Hall–Kier alpha value is -3.15. The Balaban J connectivity index is 1.87. The van der Waals surface area contributed by atoms with Crippen LogP contribution in [0.3, 0.4) is 0 Å². The molecule has 6 heteroatoms. The molecule has 2 aromatic carbocycles. The summed E-state index contributed by atoms with van der Waals surface area (Å²) in [5.74, 6) is 0.507. The third kappa shape index (κ3) is 2.65. The first kappa shape index (κ1) is 15.4. The minimum atomic E-state index is -1.13. The fourth-order valence-electron chi connectivity index (χ4n) is 3.26. The monoisotopic (exact) mass is 333 g/mol. The minimum absolute atomic E-state index is 0.218. The molecule has 0 atom stereocenters. The summed E-state index contributed by atoms with van der Waals surface area (Å²) in [6.07, 6.45) is 0.787. The van der Waals surface area contributed by atoms with E-state index in [9.17, 15) is 9.90 Å². The number of imidazole rings is 2. The zero-order chi connectivity index (χ0) is 17.4. The van der Waals surface area contributed by atoms with Crippen LogP contribution in [0.5, 0.6) is 0 Å². The van der Waals surface area contributed by atoms with Crippen LogP contribution in [-0.2, 0) is 24.3 Å². The Morgan fingerprint density at radius 2 is 1.48 bits per heavy atom. The van der Waals surface area contributed by atoms with Gasteiger partial charge < -0.3 is 19.0 Å². The van der Waals surface area contributed by atoms with Crippen molar-refractivity contribution in [1.82, 2.24) is 19.1 Å². The van der Waals surface area contributed by atoms with Gasteiger partial charge in [-0.1, -0.05) is 31.2 Å². The van der Waals surface area contributed by atoms with E-state index in [1.807, 2.05) is 48.5 Å². The molecule has 0 amide bonds. The molecule has 0 N–H and O–H groups in total. The van der Waals surface area contributed by atoms with Crippen LogP contribution in [0, 0.1) is 0 Å². The molecular formula is C19H17N4O2-. The van der Waals surface area contributed by atoms with Gasteiger partial charge in [-0.05, 0) is 24.3 Å². The summed E-state index contributed by atoms with van der Waals surface area (Å²) >= 11 is 0. The number of nitrogens with zero attached hydrogens (tertiary/aromatic N) is 4. The summed E-state index contributed by atoms with van der Waals surface area (Å²) in [6, 6.07) is 15.5. The number of rotatable bonds is 5. The maximum absolute atomic E-state index is 11.2. The summed E-state index contributed by atoms with van der Waals surface area (Å²) in [5.41, 5.74) is 3.53. The maximum atomic E-state index is 11.2. The average molecular weight is 333 g/mol. The number of carbonyl (C=O) groups excluding carboxylic acids is 1. The third-order valence-electron chi connectivity index (χ3n) is 4.37. The Morgan fingerprint density at radius 3 is 2.08 bits per heavy atom. The number of hydrogen-bond donors (Lipinski definition) is 0. The number of hydrogen-bond acceptors (Lipinski definition) is 4. The van der Waals surface area contributed by atoms with Gasteiger partial charge >= 0.3 is 0 Å². The van der Waals surface area contributed by atoms with Crippen molar-refractivity contribution >= 4 is 28.0 Å². The topological polar surface area (TPSA) is 75.8 Å². The molecule has 2 aromatic heterocycles. The summed E-state index contributed by atoms with van der Waals surface area (Å²) in [6.45, 7) is 2.30. The van der Waals surface area contributed by atoms with E-state index in [4.69, 9.17) is 0 Å². The lowest BCUT2D eigenvalue weighted by Gasteiger charge is -2.12. The van der Waals surface area contributed by atoms with Crippen LogP contribution >= 0.6 is 0 Å². The molecule has 0 saturated heterocycles. The van der Waals surface area contributed by atoms with Gasteiger partial charge in [0.2, 0.25) is 0 Å². The molecule has 0 saturated carbocycles. The number of aryl methyl sites for hydroxylation is 1. The number of carboxylic acid groups (broad SMARTS) is 1. The second kappa shape index (κ2) is 6.05. The minimum Gasteiger partial charge on any atom is -0.548 e. The van der Waals surface area contributed by atoms with Crippen molar-refractivity contribution in [2.75, 3.05) is 0 Å². The standard InChI is InChI=1S/C19H18N4O2/c1-2-17-20-13-7-3-5-9-15(13)22(17)11-18-21-14-8-4-6-10-16(14)23(18)12-19(24)25/h3-10H,2,11-12H2,1H3,(H,24,25)/p-1. The van der Waals surface area contributed by atoms with E-state index >= 15 is 0 Å². The zero-order valence-corrected chi connectivity index (χ0v) is 13.8. The quantitative estimate of drug-likeness (QED) is 0.557. The molecule has 0 spiro atoms. The third-order valence-corrected chi connectivity index (χ3v) is 4.37. The van der Waals surface area contributed by atoms with Gasteiger partial charge in [0.1, 0.15) is 11.6 Å². The lowest BCUT2D eigenvalue weighted by atomic mass is 10.3. The molecule has 25 heavy (non-hydrogen) atoms. The van der Waals surface area contributed by atoms with Crippen LogP contribution in [0.25, 0.3) is 22.1 Å². The van der Waals surface area contributed by atoms with Crippen molar-refractivity contribution in [3.05, 3.63) is 60.2 Å². The molecule has 6 nitrogen and oxygen atoms in total. The molecule has 2 heterocycles. The van der Waals surface area contributed by atoms with Crippen molar-refractivity contribution in [2.45, 2.75) is 26.4 Å². The van der Waals surface area contributed by atoms with Gasteiger partial charge in [0.25, 0.3) is 0 Å². The lowest BCUT2D eigenvalue weighted by Crippen LogP contribution is -2.28. The van der Waals surface area contributed by atoms with E-state index in [2.05, 4.69) is 21.5 Å². The Bertz CT molecular complexity index is 1080. The van der Waals surface area contributed by atoms with E-state index in [0.29, 0.717) is 12.4 Å². The van der Waals surface area contributed by atoms with Crippen molar-refractivity contribution in [3.63, 3.8) is 0 Å². The zero-order valence-electron chi connectivity index (χ0n) is 13.8. The molecule has 0 radical (unpaired) electrons. The van der Waals surface area contributed by atoms with E-state index < -0.39 is 5.97 Å². The number of para-hydroxylation sites is 4. The molecule has 0 fully saturated rings. The number of carbonyl (C=O) groups is 1. The average Bonchev–Trinajstić information content (AvgIpc) is 3.14. The second-order valence-electron chi connectivity index (χ2n) is 5.93. The van der Waals surface area contributed by atoms with Gasteiger partial charge in [-0.3, -0.25) is 0 Å². The first-order valence-corrected chi connectivity index (χ1v) is 8.25. The molecule has 4 aromatic rings. The van der Waals surface area contributed by atoms with E-state index in [0.717, 1.165) is 34.3 Å². The van der Waals surface area contributed by atoms with Crippen molar-refractivity contribution in [3.8, 4) is 0 Å². The van der Waals surface area contributed by atoms with E-state index in [-0.39, 0.29) is 6.54 Å². The number of aliphatic carboxylic acids is 1. The summed E-state index contributed by atoms with van der Waals surface area (Å²) in [5, 5.41) is 11.2. The highest BCUT2D eigenvalue weighted by Crippen LogP contribution is 2.21. The van der Waals surface area contributed by atoms with Crippen LogP contribution in [0.4, 0.5) is 0 Å². The fraction of sp³-hybridized carbons (Fsp3) is 0.211. The van der Waals surface area contributed by atoms with Crippen molar-refractivity contribution in [2.24, 2.45) is 0 Å². The number of aromatic nitrogens is 4. The highest BCUT2D eigenvalue weighted by atomic mass is 16.4. The Labute approximate surface area is 144 Å². The molecule has 0 aliphatic heterocycles.